The fourth-order valence-corrected chi connectivity index (χ4v) is 2.29. The Balaban J connectivity index is 3.76. The highest BCUT2D eigenvalue weighted by molar-refractivity contribution is 7.99. The Morgan fingerprint density at radius 2 is 1.89 bits per heavy atom. The van der Waals surface area contributed by atoms with Crippen LogP contribution in [0.5, 0.6) is 0 Å². The van der Waals surface area contributed by atoms with Gasteiger partial charge in [-0.25, -0.2) is 0 Å². The highest BCUT2D eigenvalue weighted by Crippen LogP contribution is 2.08. The highest BCUT2D eigenvalue weighted by Gasteiger charge is 2.14. The quantitative estimate of drug-likeness (QED) is 0.634. The van der Waals surface area contributed by atoms with Crippen molar-refractivity contribution < 1.29 is 19.4 Å². The number of carbonyl (C=O) groups excluding carboxylic acids is 2. The predicted molar refractivity (Wildman–Crippen MR) is 72.5 cm³/mol. The van der Waals surface area contributed by atoms with Crippen LogP contribution in [0.2, 0.25) is 0 Å². The van der Waals surface area contributed by atoms with Gasteiger partial charge in [0.15, 0.2) is 0 Å². The molecule has 0 spiro atoms. The van der Waals surface area contributed by atoms with E-state index in [9.17, 15) is 14.7 Å². The Kier molecular flexibility index (Phi) is 9.77. The summed E-state index contributed by atoms with van der Waals surface area (Å²) in [5.74, 6) is 0.363. The van der Waals surface area contributed by atoms with Gasteiger partial charge in [0.2, 0.25) is 5.91 Å². The van der Waals surface area contributed by atoms with Crippen LogP contribution < -0.4 is 0 Å². The minimum Gasteiger partial charge on any atom is -0.466 e. The molecule has 18 heavy (non-hydrogen) atoms. The zero-order chi connectivity index (χ0) is 14.0. The normalized spacial score (nSPS) is 12.0. The van der Waals surface area contributed by atoms with Crippen LogP contribution in [0.25, 0.3) is 0 Å². The zero-order valence-electron chi connectivity index (χ0n) is 11.3. The molecule has 0 bridgehead atoms. The van der Waals surface area contributed by atoms with E-state index in [1.54, 1.807) is 11.8 Å². The summed E-state index contributed by atoms with van der Waals surface area (Å²) in [6, 6.07) is 0. The van der Waals surface area contributed by atoms with E-state index in [2.05, 4.69) is 0 Å². The fraction of sp³-hybridized carbons (Fsp3) is 0.833. The third-order valence-corrected chi connectivity index (χ3v) is 3.43. The van der Waals surface area contributed by atoms with Gasteiger partial charge in [0, 0.05) is 18.8 Å². The number of carbonyl (C=O) groups is 2. The Hall–Kier alpha value is -0.750. The first-order valence-corrected chi connectivity index (χ1v) is 7.39. The molecular weight excluding hydrogens is 254 g/mol. The number of hydrogen-bond acceptors (Lipinski definition) is 5. The average Bonchev–Trinajstić information content (AvgIpc) is 2.30. The van der Waals surface area contributed by atoms with E-state index in [1.165, 1.54) is 11.8 Å². The lowest BCUT2D eigenvalue weighted by Crippen LogP contribution is -2.32. The molecule has 6 heteroatoms. The van der Waals surface area contributed by atoms with Crippen molar-refractivity contribution in [2.45, 2.75) is 33.3 Å². The molecule has 0 radical (unpaired) electrons. The molecule has 0 aromatic carbocycles. The maximum Gasteiger partial charge on any atom is 0.308 e. The minimum atomic E-state index is -0.751. The molecule has 1 atom stereocenters. The number of nitrogens with zero attached hydrogens (tertiary/aromatic N) is 1. The van der Waals surface area contributed by atoms with Gasteiger partial charge in [0.25, 0.3) is 0 Å². The summed E-state index contributed by atoms with van der Waals surface area (Å²) in [4.78, 5) is 24.5. The topological polar surface area (TPSA) is 66.8 Å². The molecule has 1 amide bonds. The van der Waals surface area contributed by atoms with Gasteiger partial charge in [0.1, 0.15) is 0 Å². The second kappa shape index (κ2) is 10.2. The standard InChI is InChI=1S/C12H23NO4S/c1-4-13(5-2)11(15)9-18-8-10(14)7-12(16)17-6-3/h10,14H,4-9H2,1-3H3. The Labute approximate surface area is 113 Å². The second-order valence-electron chi connectivity index (χ2n) is 3.74. The fourth-order valence-electron chi connectivity index (χ4n) is 1.42. The predicted octanol–water partition coefficient (Wildman–Crippen LogP) is 0.902. The van der Waals surface area contributed by atoms with Crippen molar-refractivity contribution in [2.75, 3.05) is 31.2 Å². The monoisotopic (exact) mass is 277 g/mol. The summed E-state index contributed by atoms with van der Waals surface area (Å²) >= 11 is 1.34. The van der Waals surface area contributed by atoms with Crippen molar-refractivity contribution in [3.8, 4) is 0 Å². The summed E-state index contributed by atoms with van der Waals surface area (Å²) in [5, 5.41) is 9.57. The average molecular weight is 277 g/mol. The van der Waals surface area contributed by atoms with Crippen LogP contribution in [-0.4, -0.2) is 59.2 Å². The molecule has 106 valence electrons. The first-order valence-electron chi connectivity index (χ1n) is 6.24. The van der Waals surface area contributed by atoms with E-state index in [1.807, 2.05) is 13.8 Å². The number of ether oxygens (including phenoxy) is 1. The smallest absolute Gasteiger partial charge is 0.308 e. The lowest BCUT2D eigenvalue weighted by Gasteiger charge is -2.18. The maximum atomic E-state index is 11.6. The summed E-state index contributed by atoms with van der Waals surface area (Å²) in [7, 11) is 0. The third-order valence-electron chi connectivity index (χ3n) is 2.36. The van der Waals surface area contributed by atoms with Crippen LogP contribution in [0.3, 0.4) is 0 Å². The third kappa shape index (κ3) is 7.55. The van der Waals surface area contributed by atoms with E-state index in [-0.39, 0.29) is 12.3 Å². The number of hydrogen-bond donors (Lipinski definition) is 1. The van der Waals surface area contributed by atoms with Gasteiger partial charge in [-0.1, -0.05) is 0 Å². The van der Waals surface area contributed by atoms with Crippen LogP contribution in [-0.2, 0) is 14.3 Å². The number of aliphatic hydroxyl groups excluding tert-OH is 1. The Morgan fingerprint density at radius 3 is 2.39 bits per heavy atom. The summed E-state index contributed by atoms with van der Waals surface area (Å²) < 4.78 is 4.73. The molecule has 1 unspecified atom stereocenters. The molecule has 0 saturated carbocycles. The lowest BCUT2D eigenvalue weighted by molar-refractivity contribution is -0.145. The first-order chi connectivity index (χ1) is 8.54. The lowest BCUT2D eigenvalue weighted by atomic mass is 10.3. The van der Waals surface area contributed by atoms with Crippen LogP contribution >= 0.6 is 11.8 Å². The summed E-state index contributed by atoms with van der Waals surface area (Å²) in [6.45, 7) is 7.30. The molecule has 0 heterocycles. The van der Waals surface area contributed by atoms with Crippen molar-refractivity contribution >= 4 is 23.6 Å². The molecule has 0 aliphatic carbocycles. The number of amides is 1. The number of esters is 1. The van der Waals surface area contributed by atoms with Crippen molar-refractivity contribution in [1.29, 1.82) is 0 Å². The maximum absolute atomic E-state index is 11.6. The molecule has 1 N–H and O–H groups in total. The molecule has 0 aromatic rings. The molecular formula is C12H23NO4S. The van der Waals surface area contributed by atoms with E-state index < -0.39 is 12.1 Å². The van der Waals surface area contributed by atoms with Crippen LogP contribution in [0.1, 0.15) is 27.2 Å². The van der Waals surface area contributed by atoms with Gasteiger partial charge < -0.3 is 14.7 Å². The molecule has 0 aliphatic rings. The van der Waals surface area contributed by atoms with Gasteiger partial charge in [-0.2, -0.15) is 0 Å². The van der Waals surface area contributed by atoms with Crippen molar-refractivity contribution in [1.82, 2.24) is 4.90 Å². The largest absolute Gasteiger partial charge is 0.466 e. The Morgan fingerprint density at radius 1 is 1.28 bits per heavy atom. The minimum absolute atomic E-state index is 0.0136. The Bertz CT molecular complexity index is 256. The second-order valence-corrected chi connectivity index (χ2v) is 4.77. The number of rotatable bonds is 9. The van der Waals surface area contributed by atoms with Gasteiger partial charge in [0.05, 0.1) is 24.9 Å². The van der Waals surface area contributed by atoms with Gasteiger partial charge >= 0.3 is 5.97 Å². The number of aliphatic hydroxyl groups is 1. The molecule has 0 saturated heterocycles. The van der Waals surface area contributed by atoms with E-state index in [0.29, 0.717) is 31.2 Å². The molecule has 0 rings (SSSR count). The summed E-state index contributed by atoms with van der Waals surface area (Å²) in [6.07, 6.45) is -0.765. The van der Waals surface area contributed by atoms with Gasteiger partial charge in [-0.15, -0.1) is 11.8 Å². The van der Waals surface area contributed by atoms with Crippen molar-refractivity contribution in [3.05, 3.63) is 0 Å². The molecule has 0 aliphatic heterocycles. The molecule has 0 aromatic heterocycles. The van der Waals surface area contributed by atoms with Crippen LogP contribution in [0.15, 0.2) is 0 Å². The van der Waals surface area contributed by atoms with E-state index >= 15 is 0 Å². The van der Waals surface area contributed by atoms with Crippen molar-refractivity contribution in [2.24, 2.45) is 0 Å². The van der Waals surface area contributed by atoms with E-state index in [0.717, 1.165) is 0 Å². The zero-order valence-corrected chi connectivity index (χ0v) is 12.2. The SMILES string of the molecule is CCOC(=O)CC(O)CSCC(=O)N(CC)CC. The van der Waals surface area contributed by atoms with Crippen LogP contribution in [0, 0.1) is 0 Å². The van der Waals surface area contributed by atoms with Gasteiger partial charge in [-0.05, 0) is 20.8 Å². The highest BCUT2D eigenvalue weighted by atomic mass is 32.2. The van der Waals surface area contributed by atoms with Crippen molar-refractivity contribution in [3.63, 3.8) is 0 Å². The van der Waals surface area contributed by atoms with Crippen LogP contribution in [0.4, 0.5) is 0 Å². The molecule has 0 fully saturated rings. The molecule has 5 nitrogen and oxygen atoms in total. The van der Waals surface area contributed by atoms with E-state index in [4.69, 9.17) is 4.74 Å². The first kappa shape index (κ1) is 17.2. The van der Waals surface area contributed by atoms with Gasteiger partial charge in [-0.3, -0.25) is 9.59 Å². The summed E-state index contributed by atoms with van der Waals surface area (Å²) in [5.41, 5.74) is 0. The number of thioether (sulfide) groups is 1.